The van der Waals surface area contributed by atoms with Gasteiger partial charge < -0.3 is 9.47 Å². The highest BCUT2D eigenvalue weighted by Gasteiger charge is 2.42. The van der Waals surface area contributed by atoms with Gasteiger partial charge in [-0.15, -0.1) is 0 Å². The zero-order valence-corrected chi connectivity index (χ0v) is 11.4. The Bertz CT molecular complexity index is 344. The summed E-state index contributed by atoms with van der Waals surface area (Å²) in [6.07, 6.45) is 2.11. The molecule has 2 aliphatic rings. The molecule has 0 aliphatic carbocycles. The van der Waals surface area contributed by atoms with E-state index in [1.807, 2.05) is 0 Å². The first-order valence-electron chi connectivity index (χ1n) is 6.48. The molecule has 3 heteroatoms. The number of rotatable bonds is 3. The Labute approximate surface area is 104 Å². The quantitative estimate of drug-likeness (QED) is 0.755. The van der Waals surface area contributed by atoms with Crippen LogP contribution in [0, 0.1) is 17.8 Å². The number of hydrogen-bond acceptors (Lipinski definition) is 3. The lowest BCUT2D eigenvalue weighted by molar-refractivity contribution is -0.0945. The highest BCUT2D eigenvalue weighted by Crippen LogP contribution is 2.36. The highest BCUT2D eigenvalue weighted by atomic mass is 16.7. The highest BCUT2D eigenvalue weighted by molar-refractivity contribution is 5.98. The van der Waals surface area contributed by atoms with E-state index in [4.69, 9.17) is 14.5 Å². The molecule has 3 atom stereocenters. The summed E-state index contributed by atoms with van der Waals surface area (Å²) in [5.74, 6) is 1.41. The number of fused-ring (bicyclic) bond motifs is 1. The molecule has 0 N–H and O–H groups in total. The van der Waals surface area contributed by atoms with Gasteiger partial charge in [-0.1, -0.05) is 33.3 Å². The van der Waals surface area contributed by atoms with Crippen molar-refractivity contribution in [2.45, 2.75) is 40.0 Å². The number of methoxy groups -OCH3 is 1. The lowest BCUT2D eigenvalue weighted by atomic mass is 9.82. The van der Waals surface area contributed by atoms with Crippen LogP contribution in [0.5, 0.6) is 0 Å². The summed E-state index contributed by atoms with van der Waals surface area (Å²) in [5.41, 5.74) is 2.65. The van der Waals surface area contributed by atoms with E-state index in [1.165, 1.54) is 11.3 Å². The van der Waals surface area contributed by atoms with Crippen molar-refractivity contribution in [1.29, 1.82) is 0 Å². The second kappa shape index (κ2) is 4.91. The molecule has 1 fully saturated rings. The largest absolute Gasteiger partial charge is 0.354 e. The Kier molecular flexibility index (Phi) is 3.69. The molecular weight excluding hydrogens is 214 g/mol. The summed E-state index contributed by atoms with van der Waals surface area (Å²) in [6, 6.07) is 0.153. The molecule has 96 valence electrons. The first kappa shape index (κ1) is 12.8. The van der Waals surface area contributed by atoms with Crippen LogP contribution in [0.4, 0.5) is 0 Å². The minimum absolute atomic E-state index is 0.153. The minimum atomic E-state index is -0.170. The Morgan fingerprint density at radius 3 is 2.53 bits per heavy atom. The van der Waals surface area contributed by atoms with Crippen molar-refractivity contribution in [2.24, 2.45) is 22.7 Å². The summed E-state index contributed by atoms with van der Waals surface area (Å²) < 4.78 is 11.1. The second-order valence-electron chi connectivity index (χ2n) is 5.54. The Morgan fingerprint density at radius 2 is 2.00 bits per heavy atom. The average molecular weight is 237 g/mol. The van der Waals surface area contributed by atoms with Gasteiger partial charge in [0.2, 0.25) is 0 Å². The zero-order valence-electron chi connectivity index (χ0n) is 11.4. The van der Waals surface area contributed by atoms with Crippen molar-refractivity contribution in [3.63, 3.8) is 0 Å². The third-order valence-electron chi connectivity index (χ3n) is 3.66. The van der Waals surface area contributed by atoms with Gasteiger partial charge in [-0.05, 0) is 17.9 Å². The van der Waals surface area contributed by atoms with Gasteiger partial charge in [-0.2, -0.15) is 0 Å². The smallest absolute Gasteiger partial charge is 0.180 e. The number of allylic oxidation sites excluding steroid dienone is 1. The SMILES string of the molecule is COC1OCC2C(C(C)C)=CC(C(C)C)=NC12. The Balaban J connectivity index is 2.32. The van der Waals surface area contributed by atoms with Gasteiger partial charge in [0.15, 0.2) is 6.29 Å². The maximum absolute atomic E-state index is 5.69. The van der Waals surface area contributed by atoms with E-state index in [-0.39, 0.29) is 12.3 Å². The minimum Gasteiger partial charge on any atom is -0.354 e. The van der Waals surface area contributed by atoms with Crippen LogP contribution in [0.25, 0.3) is 0 Å². The number of dihydropyridines is 1. The van der Waals surface area contributed by atoms with Crippen molar-refractivity contribution in [3.05, 3.63) is 11.6 Å². The van der Waals surface area contributed by atoms with E-state index in [1.54, 1.807) is 7.11 Å². The molecular formula is C14H23NO2. The Hall–Kier alpha value is -0.670. The van der Waals surface area contributed by atoms with Crippen LogP contribution >= 0.6 is 0 Å². The molecule has 0 saturated carbocycles. The molecule has 2 heterocycles. The third kappa shape index (κ3) is 2.31. The standard InChI is InChI=1S/C14H23NO2/c1-8(2)10-6-12(9(3)4)15-13-11(10)7-17-14(13)16-5/h6,8-9,11,13-14H,7H2,1-5H3. The summed E-state index contributed by atoms with van der Waals surface area (Å²) in [6.45, 7) is 9.59. The monoisotopic (exact) mass is 237 g/mol. The van der Waals surface area contributed by atoms with Crippen LogP contribution in [0.3, 0.4) is 0 Å². The van der Waals surface area contributed by atoms with Crippen molar-refractivity contribution >= 4 is 5.71 Å². The van der Waals surface area contributed by atoms with Gasteiger partial charge in [0.25, 0.3) is 0 Å². The predicted molar refractivity (Wildman–Crippen MR) is 69.2 cm³/mol. The van der Waals surface area contributed by atoms with Gasteiger partial charge >= 0.3 is 0 Å². The first-order chi connectivity index (χ1) is 8.04. The average Bonchev–Trinajstić information content (AvgIpc) is 2.69. The van der Waals surface area contributed by atoms with Crippen molar-refractivity contribution in [3.8, 4) is 0 Å². The molecule has 17 heavy (non-hydrogen) atoms. The summed E-state index contributed by atoms with van der Waals surface area (Å²) in [4.78, 5) is 4.82. The fourth-order valence-electron chi connectivity index (χ4n) is 2.63. The number of aliphatic imine (C=N–C) groups is 1. The molecule has 0 bridgehead atoms. The molecule has 0 aromatic rings. The fraction of sp³-hybridized carbons (Fsp3) is 0.786. The maximum Gasteiger partial charge on any atom is 0.180 e. The van der Waals surface area contributed by atoms with Crippen LogP contribution < -0.4 is 0 Å². The fourth-order valence-corrected chi connectivity index (χ4v) is 2.63. The van der Waals surface area contributed by atoms with Crippen LogP contribution in [0.1, 0.15) is 27.7 Å². The summed E-state index contributed by atoms with van der Waals surface area (Å²) in [5, 5.41) is 0. The van der Waals surface area contributed by atoms with Gasteiger partial charge in [0.05, 0.1) is 6.61 Å². The van der Waals surface area contributed by atoms with E-state index >= 15 is 0 Å². The lowest BCUT2D eigenvalue weighted by Crippen LogP contribution is -2.33. The van der Waals surface area contributed by atoms with Crippen molar-refractivity contribution in [2.75, 3.05) is 13.7 Å². The van der Waals surface area contributed by atoms with Crippen molar-refractivity contribution < 1.29 is 9.47 Å². The summed E-state index contributed by atoms with van der Waals surface area (Å²) in [7, 11) is 1.70. The molecule has 0 aromatic heterocycles. The van der Waals surface area contributed by atoms with E-state index in [2.05, 4.69) is 33.8 Å². The topological polar surface area (TPSA) is 30.8 Å². The molecule has 2 aliphatic heterocycles. The van der Waals surface area contributed by atoms with Gasteiger partial charge in [0.1, 0.15) is 6.04 Å². The summed E-state index contributed by atoms with van der Waals surface area (Å²) >= 11 is 0. The molecule has 2 rings (SSSR count). The number of hydrogen-bond donors (Lipinski definition) is 0. The Morgan fingerprint density at radius 1 is 1.29 bits per heavy atom. The number of ether oxygens (including phenoxy) is 2. The molecule has 1 saturated heterocycles. The molecule has 3 nitrogen and oxygen atoms in total. The predicted octanol–water partition coefficient (Wildman–Crippen LogP) is 2.67. The van der Waals surface area contributed by atoms with E-state index in [9.17, 15) is 0 Å². The lowest BCUT2D eigenvalue weighted by Gasteiger charge is -2.29. The second-order valence-corrected chi connectivity index (χ2v) is 5.54. The van der Waals surface area contributed by atoms with Gasteiger partial charge in [-0.25, -0.2) is 0 Å². The van der Waals surface area contributed by atoms with E-state index < -0.39 is 0 Å². The molecule has 0 aromatic carbocycles. The third-order valence-corrected chi connectivity index (χ3v) is 3.66. The zero-order chi connectivity index (χ0) is 12.6. The van der Waals surface area contributed by atoms with E-state index in [0.29, 0.717) is 17.8 Å². The van der Waals surface area contributed by atoms with Crippen molar-refractivity contribution in [1.82, 2.24) is 0 Å². The van der Waals surface area contributed by atoms with Gasteiger partial charge in [0, 0.05) is 18.7 Å². The number of nitrogens with zero attached hydrogens (tertiary/aromatic N) is 1. The first-order valence-corrected chi connectivity index (χ1v) is 6.48. The van der Waals surface area contributed by atoms with Crippen LogP contribution in [-0.2, 0) is 9.47 Å². The van der Waals surface area contributed by atoms with Gasteiger partial charge in [-0.3, -0.25) is 4.99 Å². The molecule has 0 amide bonds. The van der Waals surface area contributed by atoms with E-state index in [0.717, 1.165) is 6.61 Å². The molecule has 0 spiro atoms. The maximum atomic E-state index is 5.69. The van der Waals surface area contributed by atoms with Crippen LogP contribution in [0.15, 0.2) is 16.6 Å². The van der Waals surface area contributed by atoms with Crippen LogP contribution in [-0.4, -0.2) is 31.8 Å². The molecule has 3 unspecified atom stereocenters. The normalized spacial score (nSPS) is 32.8. The van der Waals surface area contributed by atoms with Crippen LogP contribution in [0.2, 0.25) is 0 Å². The molecule has 0 radical (unpaired) electrons.